The van der Waals surface area contributed by atoms with Gasteiger partial charge in [-0.05, 0) is 12.8 Å². The van der Waals surface area contributed by atoms with E-state index < -0.39 is 97.4 Å². The van der Waals surface area contributed by atoms with E-state index in [4.69, 9.17) is 31.9 Å². The SMILES string of the molecule is NC(=O)CCC(N)C(=O)NC(CC(=O)O)C(=O)NC(CCC(=O)O)C(=O)NC(CC(=O)O)C(=O)O. The van der Waals surface area contributed by atoms with Crippen molar-refractivity contribution in [2.75, 3.05) is 0 Å². The van der Waals surface area contributed by atoms with Crippen molar-refractivity contribution in [1.29, 1.82) is 0 Å². The Morgan fingerprint density at radius 1 is 0.600 bits per heavy atom. The van der Waals surface area contributed by atoms with Crippen molar-refractivity contribution in [2.24, 2.45) is 11.5 Å². The first-order chi connectivity index (χ1) is 16.1. The molecule has 0 aromatic heterocycles. The van der Waals surface area contributed by atoms with Gasteiger partial charge in [-0.1, -0.05) is 0 Å². The molecule has 0 aromatic rings. The van der Waals surface area contributed by atoms with Gasteiger partial charge in [-0.15, -0.1) is 0 Å². The minimum atomic E-state index is -1.91. The summed E-state index contributed by atoms with van der Waals surface area (Å²) in [7, 11) is 0. The van der Waals surface area contributed by atoms with Crippen LogP contribution in [0.1, 0.15) is 38.5 Å². The second kappa shape index (κ2) is 14.8. The Morgan fingerprint density at radius 2 is 1.06 bits per heavy atom. The summed E-state index contributed by atoms with van der Waals surface area (Å²) in [4.78, 5) is 92.1. The van der Waals surface area contributed by atoms with Gasteiger partial charge in [-0.25, -0.2) is 4.79 Å². The minimum Gasteiger partial charge on any atom is -0.481 e. The predicted molar refractivity (Wildman–Crippen MR) is 111 cm³/mol. The maximum atomic E-state index is 12.6. The highest BCUT2D eigenvalue weighted by Gasteiger charge is 2.32. The molecular formula is C18H27N5O12. The molecule has 0 heterocycles. The van der Waals surface area contributed by atoms with Gasteiger partial charge in [-0.3, -0.25) is 33.6 Å². The van der Waals surface area contributed by atoms with Gasteiger partial charge in [-0.2, -0.15) is 0 Å². The van der Waals surface area contributed by atoms with Gasteiger partial charge in [0.1, 0.15) is 18.1 Å². The Balaban J connectivity index is 5.59. The molecular weight excluding hydrogens is 478 g/mol. The van der Waals surface area contributed by atoms with Gasteiger partial charge in [0.2, 0.25) is 23.6 Å². The third-order valence-electron chi connectivity index (χ3n) is 4.32. The van der Waals surface area contributed by atoms with E-state index in [0.29, 0.717) is 0 Å². The lowest BCUT2D eigenvalue weighted by Gasteiger charge is -2.24. The Hall–Kier alpha value is -4.28. The molecule has 0 bridgehead atoms. The summed E-state index contributed by atoms with van der Waals surface area (Å²) in [6, 6.07) is -6.79. The average Bonchev–Trinajstić information content (AvgIpc) is 2.72. The summed E-state index contributed by atoms with van der Waals surface area (Å²) >= 11 is 0. The van der Waals surface area contributed by atoms with Crippen LogP contribution in [0.5, 0.6) is 0 Å². The van der Waals surface area contributed by atoms with E-state index in [9.17, 15) is 38.4 Å². The lowest BCUT2D eigenvalue weighted by molar-refractivity contribution is -0.147. The third-order valence-corrected chi connectivity index (χ3v) is 4.32. The fourth-order valence-electron chi connectivity index (χ4n) is 2.55. The van der Waals surface area contributed by atoms with Crippen LogP contribution in [0.4, 0.5) is 0 Å². The number of nitrogens with one attached hydrogen (secondary N) is 3. The van der Waals surface area contributed by atoms with Crippen LogP contribution in [0, 0.1) is 0 Å². The molecule has 196 valence electrons. The van der Waals surface area contributed by atoms with Gasteiger partial charge in [0.25, 0.3) is 0 Å². The molecule has 0 saturated carbocycles. The molecule has 4 amide bonds. The zero-order valence-electron chi connectivity index (χ0n) is 18.3. The number of hydrogen-bond acceptors (Lipinski definition) is 9. The van der Waals surface area contributed by atoms with Crippen LogP contribution in [-0.4, -0.2) is 92.1 Å². The molecule has 35 heavy (non-hydrogen) atoms. The Labute approximate surface area is 197 Å². The van der Waals surface area contributed by atoms with Gasteiger partial charge in [0.15, 0.2) is 0 Å². The Bertz CT molecular complexity index is 861. The van der Waals surface area contributed by atoms with Gasteiger partial charge >= 0.3 is 23.9 Å². The molecule has 4 unspecified atom stereocenters. The molecule has 11 N–H and O–H groups in total. The van der Waals surface area contributed by atoms with Crippen LogP contribution in [-0.2, 0) is 38.4 Å². The van der Waals surface area contributed by atoms with E-state index in [2.05, 4.69) is 0 Å². The van der Waals surface area contributed by atoms with Crippen molar-refractivity contribution in [1.82, 2.24) is 16.0 Å². The molecule has 0 spiro atoms. The molecule has 0 aliphatic carbocycles. The minimum absolute atomic E-state index is 0.216. The van der Waals surface area contributed by atoms with Crippen LogP contribution in [0.2, 0.25) is 0 Å². The van der Waals surface area contributed by atoms with Crippen molar-refractivity contribution in [3.63, 3.8) is 0 Å². The number of amides is 4. The molecule has 0 rings (SSSR count). The normalized spacial score (nSPS) is 13.9. The highest BCUT2D eigenvalue weighted by atomic mass is 16.4. The standard InChI is InChI=1S/C18H27N5O12/c19-7(1-3-11(20)24)15(31)22-9(5-13(27)28)17(33)21-8(2-4-12(25)26)16(32)23-10(18(34)35)6-14(29)30/h7-10H,1-6,19H2,(H2,20,24)(H,21,33)(H,22,31)(H,23,32)(H,25,26)(H,27,28)(H,29,30)(H,34,35). The third kappa shape index (κ3) is 13.1. The van der Waals surface area contributed by atoms with Gasteiger partial charge in [0, 0.05) is 12.8 Å². The summed E-state index contributed by atoms with van der Waals surface area (Å²) in [6.07, 6.45) is -3.78. The first-order valence-corrected chi connectivity index (χ1v) is 9.97. The van der Waals surface area contributed by atoms with Crippen molar-refractivity contribution in [2.45, 2.75) is 62.7 Å². The number of carbonyl (C=O) groups is 8. The van der Waals surface area contributed by atoms with Crippen LogP contribution in [0.25, 0.3) is 0 Å². The van der Waals surface area contributed by atoms with E-state index in [1.807, 2.05) is 16.0 Å². The molecule has 0 radical (unpaired) electrons. The highest BCUT2D eigenvalue weighted by molar-refractivity contribution is 5.96. The first-order valence-electron chi connectivity index (χ1n) is 9.97. The maximum absolute atomic E-state index is 12.6. The van der Waals surface area contributed by atoms with Gasteiger partial charge < -0.3 is 47.8 Å². The smallest absolute Gasteiger partial charge is 0.326 e. The van der Waals surface area contributed by atoms with Crippen LogP contribution < -0.4 is 27.4 Å². The van der Waals surface area contributed by atoms with Crippen molar-refractivity contribution in [3.05, 3.63) is 0 Å². The van der Waals surface area contributed by atoms with Crippen LogP contribution in [0.3, 0.4) is 0 Å². The van der Waals surface area contributed by atoms with Crippen LogP contribution >= 0.6 is 0 Å². The number of aliphatic carboxylic acids is 4. The van der Waals surface area contributed by atoms with Crippen molar-refractivity contribution >= 4 is 47.5 Å². The van der Waals surface area contributed by atoms with Crippen LogP contribution in [0.15, 0.2) is 0 Å². The second-order valence-electron chi connectivity index (χ2n) is 7.26. The summed E-state index contributed by atoms with van der Waals surface area (Å²) in [5.74, 6) is -10.5. The molecule has 0 fully saturated rings. The summed E-state index contributed by atoms with van der Waals surface area (Å²) in [5.41, 5.74) is 10.5. The van der Waals surface area contributed by atoms with Gasteiger partial charge in [0.05, 0.1) is 18.9 Å². The number of nitrogens with two attached hydrogens (primary N) is 2. The molecule has 17 nitrogen and oxygen atoms in total. The largest absolute Gasteiger partial charge is 0.481 e. The fraction of sp³-hybridized carbons (Fsp3) is 0.556. The Morgan fingerprint density at radius 3 is 1.51 bits per heavy atom. The topological polar surface area (TPSA) is 306 Å². The summed E-state index contributed by atoms with van der Waals surface area (Å²) in [5, 5.41) is 41.6. The maximum Gasteiger partial charge on any atom is 0.326 e. The number of carboxylic acids is 4. The van der Waals surface area contributed by atoms with E-state index in [1.54, 1.807) is 0 Å². The number of rotatable bonds is 17. The average molecular weight is 505 g/mol. The lowest BCUT2D eigenvalue weighted by Crippen LogP contribution is -2.57. The van der Waals surface area contributed by atoms with Crippen molar-refractivity contribution in [3.8, 4) is 0 Å². The number of carboxylic acid groups (broad SMARTS) is 4. The van der Waals surface area contributed by atoms with E-state index in [0.717, 1.165) is 0 Å². The summed E-state index contributed by atoms with van der Waals surface area (Å²) in [6.45, 7) is 0. The molecule has 0 saturated heterocycles. The highest BCUT2D eigenvalue weighted by Crippen LogP contribution is 2.04. The number of carbonyl (C=O) groups excluding carboxylic acids is 4. The zero-order valence-corrected chi connectivity index (χ0v) is 18.3. The van der Waals surface area contributed by atoms with E-state index in [-0.39, 0.29) is 12.8 Å². The van der Waals surface area contributed by atoms with E-state index >= 15 is 0 Å². The number of primary amides is 1. The zero-order chi connectivity index (χ0) is 27.3. The molecule has 0 aromatic carbocycles. The first kappa shape index (κ1) is 30.7. The summed E-state index contributed by atoms with van der Waals surface area (Å²) < 4.78 is 0. The fourth-order valence-corrected chi connectivity index (χ4v) is 2.55. The molecule has 4 atom stereocenters. The van der Waals surface area contributed by atoms with E-state index in [1.165, 1.54) is 0 Å². The second-order valence-corrected chi connectivity index (χ2v) is 7.26. The quantitative estimate of drug-likeness (QED) is 0.0909. The predicted octanol–water partition coefficient (Wildman–Crippen LogP) is -4.07. The molecule has 0 aliphatic heterocycles. The Kier molecular flexibility index (Phi) is 13.0. The van der Waals surface area contributed by atoms with Crippen molar-refractivity contribution < 1.29 is 58.8 Å². The monoisotopic (exact) mass is 505 g/mol. The lowest BCUT2D eigenvalue weighted by atomic mass is 10.1. The number of hydrogen-bond donors (Lipinski definition) is 9. The molecule has 17 heteroatoms. The molecule has 0 aliphatic rings.